The first kappa shape index (κ1) is 20.0. The van der Waals surface area contributed by atoms with E-state index in [1.54, 1.807) is 22.8 Å². The molecule has 1 aromatic rings. The van der Waals surface area contributed by atoms with Crippen LogP contribution in [0.5, 0.6) is 0 Å². The summed E-state index contributed by atoms with van der Waals surface area (Å²) < 4.78 is 10.0. The Morgan fingerprint density at radius 2 is 2.12 bits per heavy atom. The van der Waals surface area contributed by atoms with Gasteiger partial charge in [-0.2, -0.15) is 0 Å². The van der Waals surface area contributed by atoms with Crippen molar-refractivity contribution in [3.63, 3.8) is 0 Å². The molecule has 0 spiro atoms. The largest absolute Gasteiger partial charge is 0.472 e. The molecule has 1 aliphatic rings. The molecule has 0 saturated carbocycles. The number of likely N-dealkylation sites (tertiary alicyclic amines) is 1. The number of hydrogen-bond acceptors (Lipinski definition) is 5. The van der Waals surface area contributed by atoms with Crippen LogP contribution in [-0.2, 0) is 14.3 Å². The first-order valence-electron chi connectivity index (χ1n) is 9.32. The Hall–Kier alpha value is -2.31. The highest BCUT2D eigenvalue weighted by molar-refractivity contribution is 5.94. The molecule has 1 saturated heterocycles. The van der Waals surface area contributed by atoms with Crippen LogP contribution in [0.2, 0.25) is 0 Å². The molecule has 0 aromatic carbocycles. The molecule has 26 heavy (non-hydrogen) atoms. The molecule has 1 unspecified atom stereocenters. The number of amides is 2. The number of nitrogens with zero attached hydrogens (tertiary/aromatic N) is 2. The summed E-state index contributed by atoms with van der Waals surface area (Å²) in [5.74, 6) is -0.628. The number of carbonyl (C=O) groups excluding carboxylic acids is 3. The summed E-state index contributed by atoms with van der Waals surface area (Å²) in [5.41, 5.74) is 0.492. The lowest BCUT2D eigenvalue weighted by Crippen LogP contribution is -2.44. The minimum Gasteiger partial charge on any atom is -0.472 e. The fraction of sp³-hybridized carbons (Fsp3) is 0.632. The van der Waals surface area contributed by atoms with Gasteiger partial charge in [-0.05, 0) is 32.3 Å². The Labute approximate surface area is 154 Å². The maximum absolute atomic E-state index is 12.6. The van der Waals surface area contributed by atoms with Crippen molar-refractivity contribution in [2.45, 2.75) is 39.5 Å². The van der Waals surface area contributed by atoms with Gasteiger partial charge in [-0.1, -0.05) is 6.92 Å². The quantitative estimate of drug-likeness (QED) is 0.662. The molecule has 144 valence electrons. The van der Waals surface area contributed by atoms with Crippen molar-refractivity contribution in [1.29, 1.82) is 0 Å². The molecule has 0 aliphatic carbocycles. The van der Waals surface area contributed by atoms with Gasteiger partial charge in [0.2, 0.25) is 5.91 Å². The van der Waals surface area contributed by atoms with Gasteiger partial charge in [0.1, 0.15) is 6.26 Å². The molecule has 7 heteroatoms. The number of ether oxygens (including phenoxy) is 1. The predicted molar refractivity (Wildman–Crippen MR) is 95.5 cm³/mol. The first-order chi connectivity index (χ1) is 12.6. The molecule has 1 aliphatic heterocycles. The maximum atomic E-state index is 12.6. The monoisotopic (exact) mass is 364 g/mol. The molecule has 1 aromatic heterocycles. The summed E-state index contributed by atoms with van der Waals surface area (Å²) in [6.07, 6.45) is 5.49. The Bertz CT molecular complexity index is 599. The van der Waals surface area contributed by atoms with Gasteiger partial charge >= 0.3 is 5.97 Å². The van der Waals surface area contributed by atoms with Gasteiger partial charge in [0, 0.05) is 32.6 Å². The number of carbonyl (C=O) groups is 3. The molecule has 0 N–H and O–H groups in total. The molecule has 0 bridgehead atoms. The van der Waals surface area contributed by atoms with E-state index in [0.717, 1.165) is 19.3 Å². The van der Waals surface area contributed by atoms with E-state index in [1.165, 1.54) is 12.5 Å². The lowest BCUT2D eigenvalue weighted by atomic mass is 9.98. The van der Waals surface area contributed by atoms with Crippen LogP contribution in [-0.4, -0.2) is 60.4 Å². The SMILES string of the molecule is CCCN(CCC(=O)N1CCCC(C(=O)OCC)C1)C(=O)c1ccoc1. The highest BCUT2D eigenvalue weighted by Gasteiger charge is 2.29. The molecule has 1 atom stereocenters. The Balaban J connectivity index is 1.88. The molecule has 2 amide bonds. The second-order valence-electron chi connectivity index (χ2n) is 6.49. The van der Waals surface area contributed by atoms with E-state index < -0.39 is 0 Å². The predicted octanol–water partition coefficient (Wildman–Crippen LogP) is 2.32. The summed E-state index contributed by atoms with van der Waals surface area (Å²) in [4.78, 5) is 40.3. The Morgan fingerprint density at radius 3 is 2.77 bits per heavy atom. The fourth-order valence-electron chi connectivity index (χ4n) is 3.20. The van der Waals surface area contributed by atoms with Crippen LogP contribution in [0.4, 0.5) is 0 Å². The van der Waals surface area contributed by atoms with Crippen molar-refractivity contribution < 1.29 is 23.5 Å². The Morgan fingerprint density at radius 1 is 1.31 bits per heavy atom. The summed E-state index contributed by atoms with van der Waals surface area (Å²) in [7, 11) is 0. The maximum Gasteiger partial charge on any atom is 0.310 e. The van der Waals surface area contributed by atoms with E-state index in [0.29, 0.717) is 38.3 Å². The van der Waals surface area contributed by atoms with Crippen molar-refractivity contribution in [3.8, 4) is 0 Å². The van der Waals surface area contributed by atoms with Crippen molar-refractivity contribution >= 4 is 17.8 Å². The molecule has 7 nitrogen and oxygen atoms in total. The molecular formula is C19H28N2O5. The van der Waals surface area contributed by atoms with Gasteiger partial charge in [0.15, 0.2) is 0 Å². The van der Waals surface area contributed by atoms with Crippen LogP contribution in [0.1, 0.15) is 49.9 Å². The van der Waals surface area contributed by atoms with E-state index in [1.807, 2.05) is 6.92 Å². The van der Waals surface area contributed by atoms with Crippen molar-refractivity contribution in [2.24, 2.45) is 5.92 Å². The zero-order valence-electron chi connectivity index (χ0n) is 15.6. The normalized spacial score (nSPS) is 17.0. The highest BCUT2D eigenvalue weighted by atomic mass is 16.5. The van der Waals surface area contributed by atoms with E-state index in [-0.39, 0.29) is 30.1 Å². The number of piperidine rings is 1. The average Bonchev–Trinajstić information content (AvgIpc) is 3.19. The van der Waals surface area contributed by atoms with Crippen molar-refractivity contribution in [3.05, 3.63) is 24.2 Å². The molecule has 2 heterocycles. The summed E-state index contributed by atoms with van der Waals surface area (Å²) in [5, 5.41) is 0. The second kappa shape index (κ2) is 9.99. The second-order valence-corrected chi connectivity index (χ2v) is 6.49. The molecule has 0 radical (unpaired) electrons. The van der Waals surface area contributed by atoms with Gasteiger partial charge in [0.25, 0.3) is 5.91 Å². The molecule has 1 fully saturated rings. The van der Waals surface area contributed by atoms with E-state index in [2.05, 4.69) is 0 Å². The van der Waals surface area contributed by atoms with E-state index >= 15 is 0 Å². The van der Waals surface area contributed by atoms with Crippen molar-refractivity contribution in [2.75, 3.05) is 32.8 Å². The Kier molecular flexibility index (Phi) is 7.69. The number of rotatable bonds is 8. The van der Waals surface area contributed by atoms with Gasteiger partial charge in [0.05, 0.1) is 24.4 Å². The average molecular weight is 364 g/mol. The lowest BCUT2D eigenvalue weighted by Gasteiger charge is -2.32. The number of furan rings is 1. The standard InChI is InChI=1S/C19H28N2O5/c1-3-9-20(18(23)16-8-12-25-14-16)11-7-17(22)21-10-5-6-15(13-21)19(24)26-4-2/h8,12,14-15H,3-7,9-11,13H2,1-2H3. The summed E-state index contributed by atoms with van der Waals surface area (Å²) >= 11 is 0. The summed E-state index contributed by atoms with van der Waals surface area (Å²) in [6.45, 7) is 6.12. The zero-order valence-corrected chi connectivity index (χ0v) is 15.6. The third kappa shape index (κ3) is 5.34. The van der Waals surface area contributed by atoms with Crippen LogP contribution in [0.15, 0.2) is 23.0 Å². The first-order valence-corrected chi connectivity index (χ1v) is 9.32. The zero-order chi connectivity index (χ0) is 18.9. The van der Waals surface area contributed by atoms with Gasteiger partial charge in [-0.25, -0.2) is 0 Å². The number of hydrogen-bond donors (Lipinski definition) is 0. The third-order valence-electron chi connectivity index (χ3n) is 4.54. The van der Waals surface area contributed by atoms with Crippen molar-refractivity contribution in [1.82, 2.24) is 9.80 Å². The van der Waals surface area contributed by atoms with E-state index in [9.17, 15) is 14.4 Å². The highest BCUT2D eigenvalue weighted by Crippen LogP contribution is 2.19. The smallest absolute Gasteiger partial charge is 0.310 e. The third-order valence-corrected chi connectivity index (χ3v) is 4.54. The van der Waals surface area contributed by atoms with E-state index in [4.69, 9.17) is 9.15 Å². The van der Waals surface area contributed by atoms with Crippen LogP contribution in [0, 0.1) is 5.92 Å². The van der Waals surface area contributed by atoms with Gasteiger partial charge in [-0.3, -0.25) is 14.4 Å². The molecular weight excluding hydrogens is 336 g/mol. The van der Waals surface area contributed by atoms with Crippen LogP contribution in [0.3, 0.4) is 0 Å². The van der Waals surface area contributed by atoms with Crippen LogP contribution >= 0.6 is 0 Å². The number of esters is 1. The van der Waals surface area contributed by atoms with Gasteiger partial charge in [-0.15, -0.1) is 0 Å². The van der Waals surface area contributed by atoms with Gasteiger partial charge < -0.3 is 19.0 Å². The minimum absolute atomic E-state index is 0.0277. The topological polar surface area (TPSA) is 80.1 Å². The lowest BCUT2D eigenvalue weighted by molar-refractivity contribution is -0.151. The molecule has 2 rings (SSSR count). The van der Waals surface area contributed by atoms with Crippen LogP contribution in [0.25, 0.3) is 0 Å². The fourth-order valence-corrected chi connectivity index (χ4v) is 3.20. The minimum atomic E-state index is -0.244. The summed E-state index contributed by atoms with van der Waals surface area (Å²) in [6, 6.07) is 1.63. The van der Waals surface area contributed by atoms with Crippen LogP contribution < -0.4 is 0 Å².